The summed E-state index contributed by atoms with van der Waals surface area (Å²) in [6.45, 7) is 4.93. The second kappa shape index (κ2) is 11.3. The minimum absolute atomic E-state index is 0.00218. The van der Waals surface area contributed by atoms with Crippen LogP contribution in [0.1, 0.15) is 27.2 Å². The molecular weight excluding hydrogens is 551 g/mol. The van der Waals surface area contributed by atoms with Crippen molar-refractivity contribution in [3.05, 3.63) is 39.0 Å². The van der Waals surface area contributed by atoms with Gasteiger partial charge in [-0.25, -0.2) is 33.5 Å². The summed E-state index contributed by atoms with van der Waals surface area (Å²) in [5, 5.41) is 13.5. The number of halogens is 2. The van der Waals surface area contributed by atoms with E-state index in [0.29, 0.717) is 0 Å². The number of carbonyl (C=O) groups excluding carboxylic acids is 2. The van der Waals surface area contributed by atoms with Crippen LogP contribution in [0.15, 0.2) is 36.6 Å². The molecule has 0 saturated carbocycles. The number of nitrogens with one attached hydrogen (secondary N) is 2. The van der Waals surface area contributed by atoms with Crippen molar-refractivity contribution in [3.8, 4) is 17.2 Å². The highest BCUT2D eigenvalue weighted by atomic mass is 79.9. The Morgan fingerprint density at radius 1 is 1.25 bits per heavy atom. The third-order valence-corrected chi connectivity index (χ3v) is 4.93. The van der Waals surface area contributed by atoms with Crippen LogP contribution >= 0.6 is 15.9 Å². The summed E-state index contributed by atoms with van der Waals surface area (Å²) >= 11 is 3.05. The van der Waals surface area contributed by atoms with Crippen LogP contribution in [0.25, 0.3) is 17.2 Å². The van der Waals surface area contributed by atoms with E-state index >= 15 is 0 Å². The van der Waals surface area contributed by atoms with Crippen molar-refractivity contribution in [3.63, 3.8) is 0 Å². The molecule has 0 radical (unpaired) electrons. The summed E-state index contributed by atoms with van der Waals surface area (Å²) < 4.78 is 34.1. The topological polar surface area (TPSA) is 173 Å². The fourth-order valence-electron chi connectivity index (χ4n) is 2.79. The van der Waals surface area contributed by atoms with Crippen LogP contribution < -0.4 is 16.6 Å². The van der Waals surface area contributed by atoms with Crippen molar-refractivity contribution < 1.29 is 37.4 Å². The van der Waals surface area contributed by atoms with Crippen LogP contribution in [0.3, 0.4) is 0 Å². The summed E-state index contributed by atoms with van der Waals surface area (Å²) in [6, 6.07) is 2.78. The average molecular weight is 573 g/mol. The van der Waals surface area contributed by atoms with Crippen LogP contribution in [0.2, 0.25) is 0 Å². The molecule has 3 aromatic rings. The van der Waals surface area contributed by atoms with Crippen LogP contribution in [-0.4, -0.2) is 57.5 Å². The summed E-state index contributed by atoms with van der Waals surface area (Å²) in [4.78, 5) is 41.6. The third-order valence-electron chi connectivity index (χ3n) is 4.32. The number of rotatable bonds is 9. The maximum absolute atomic E-state index is 13.6. The Morgan fingerprint density at radius 3 is 2.67 bits per heavy atom. The number of nitrogens with zero attached hydrogens (tertiary/aromatic N) is 4. The number of ether oxygens (including phenoxy) is 2. The van der Waals surface area contributed by atoms with Gasteiger partial charge < -0.3 is 14.8 Å². The van der Waals surface area contributed by atoms with E-state index in [9.17, 15) is 18.8 Å². The number of methoxy groups -OCH3 is 1. The second-order valence-corrected chi connectivity index (χ2v) is 8.98. The highest BCUT2D eigenvalue weighted by Gasteiger charge is 2.26. The molecule has 0 saturated heterocycles. The van der Waals surface area contributed by atoms with Gasteiger partial charge in [0.05, 0.1) is 23.9 Å². The number of amides is 1. The molecule has 0 bridgehead atoms. The quantitative estimate of drug-likeness (QED) is 0.218. The molecule has 0 spiro atoms. The first kappa shape index (κ1) is 26.8. The van der Waals surface area contributed by atoms with Crippen molar-refractivity contribution >= 4 is 33.8 Å². The molecule has 16 heteroatoms. The van der Waals surface area contributed by atoms with Gasteiger partial charge in [-0.2, -0.15) is 0 Å². The molecule has 0 fully saturated rings. The van der Waals surface area contributed by atoms with Gasteiger partial charge in [-0.05, 0) is 65.2 Å². The molecule has 194 valence electrons. The van der Waals surface area contributed by atoms with Crippen molar-refractivity contribution in [2.75, 3.05) is 19.2 Å². The molecule has 36 heavy (non-hydrogen) atoms. The maximum atomic E-state index is 13.6. The number of hydrogen-bond acceptors (Lipinski definition) is 12. The number of aromatic nitrogens is 4. The lowest BCUT2D eigenvalue weighted by Gasteiger charge is -2.22. The second-order valence-electron chi connectivity index (χ2n) is 8.13. The van der Waals surface area contributed by atoms with Gasteiger partial charge >= 0.3 is 17.8 Å². The number of carbonyl (C=O) groups is 2. The predicted molar refractivity (Wildman–Crippen MR) is 122 cm³/mol. The highest BCUT2D eigenvalue weighted by Crippen LogP contribution is 2.26. The molecule has 0 aliphatic carbocycles. The first-order chi connectivity index (χ1) is 17.0. The molecule has 1 atom stereocenters. The molecule has 2 heterocycles. The smallest absolute Gasteiger partial charge is 0.446 e. The van der Waals surface area contributed by atoms with Gasteiger partial charge in [-0.15, -0.1) is 0 Å². The van der Waals surface area contributed by atoms with E-state index in [1.54, 1.807) is 20.8 Å². The van der Waals surface area contributed by atoms with Gasteiger partial charge in [-0.3, -0.25) is 9.36 Å². The Labute approximate surface area is 211 Å². The summed E-state index contributed by atoms with van der Waals surface area (Å²) in [5.41, 5.74) is 1.89. The monoisotopic (exact) mass is 572 g/mol. The number of esters is 1. The fraction of sp³-hybridized carbons (Fsp3) is 0.400. The van der Waals surface area contributed by atoms with Gasteiger partial charge in [0.1, 0.15) is 17.5 Å². The largest absolute Gasteiger partial charge is 0.467 e. The standard InChI is InChI=1S/C20H22BrFN6O8/c1-20(2,3)34-18(30)23-13(17(29)32-4)7-8-33-25-15-14(24-36-26-15)16-27-35-19(31)28(16)10-5-6-12(22)11(21)9-10/h5-6,9,13H,7-8H2,1-4H3,(H,23,30)(H,25,26). The van der Waals surface area contributed by atoms with Gasteiger partial charge in [0.15, 0.2) is 0 Å². The van der Waals surface area contributed by atoms with E-state index in [1.807, 2.05) is 0 Å². The van der Waals surface area contributed by atoms with Crippen molar-refractivity contribution in [2.24, 2.45) is 0 Å². The van der Waals surface area contributed by atoms with Crippen LogP contribution in [0.4, 0.5) is 15.0 Å². The molecular formula is C20H22BrFN6O8. The zero-order valence-electron chi connectivity index (χ0n) is 19.5. The SMILES string of the molecule is COC(=O)C(CCONc1nonc1-c1noc(=O)n1-c1ccc(F)c(Br)c1)NC(=O)OC(C)(C)C. The Hall–Kier alpha value is -3.79. The molecule has 0 aliphatic rings. The van der Waals surface area contributed by atoms with E-state index in [-0.39, 0.29) is 40.5 Å². The van der Waals surface area contributed by atoms with E-state index in [0.717, 1.165) is 10.6 Å². The lowest BCUT2D eigenvalue weighted by molar-refractivity contribution is -0.143. The molecule has 1 aromatic carbocycles. The number of benzene rings is 1. The van der Waals surface area contributed by atoms with E-state index < -0.39 is 35.3 Å². The van der Waals surface area contributed by atoms with Crippen LogP contribution in [0, 0.1) is 5.82 Å². The highest BCUT2D eigenvalue weighted by molar-refractivity contribution is 9.10. The minimum atomic E-state index is -1.06. The molecule has 0 aliphatic heterocycles. The van der Waals surface area contributed by atoms with Crippen molar-refractivity contribution in [2.45, 2.75) is 38.8 Å². The molecule has 1 amide bonds. The van der Waals surface area contributed by atoms with Crippen LogP contribution in [-0.2, 0) is 19.1 Å². The number of hydrogen-bond donors (Lipinski definition) is 2. The Morgan fingerprint density at radius 2 is 2.00 bits per heavy atom. The lowest BCUT2D eigenvalue weighted by atomic mass is 10.2. The zero-order chi connectivity index (χ0) is 26.5. The molecule has 1 unspecified atom stereocenters. The predicted octanol–water partition coefficient (Wildman–Crippen LogP) is 2.58. The van der Waals surface area contributed by atoms with E-state index in [2.05, 4.69) is 42.2 Å². The molecule has 2 aromatic heterocycles. The normalized spacial score (nSPS) is 12.2. The first-order valence-corrected chi connectivity index (χ1v) is 11.1. The number of alkyl carbamates (subject to hydrolysis) is 1. The third kappa shape index (κ3) is 6.66. The summed E-state index contributed by atoms with van der Waals surface area (Å²) in [7, 11) is 1.18. The van der Waals surface area contributed by atoms with Gasteiger partial charge in [-0.1, -0.05) is 5.16 Å². The van der Waals surface area contributed by atoms with Crippen molar-refractivity contribution in [1.82, 2.24) is 25.4 Å². The van der Waals surface area contributed by atoms with E-state index in [1.165, 1.54) is 19.2 Å². The first-order valence-electron chi connectivity index (χ1n) is 10.3. The van der Waals surface area contributed by atoms with Crippen molar-refractivity contribution in [1.29, 1.82) is 0 Å². The Kier molecular flexibility index (Phi) is 8.41. The molecule has 14 nitrogen and oxygen atoms in total. The summed E-state index contributed by atoms with van der Waals surface area (Å²) in [6.07, 6.45) is -0.803. The molecule has 2 N–H and O–H groups in total. The fourth-order valence-corrected chi connectivity index (χ4v) is 3.16. The van der Waals surface area contributed by atoms with Gasteiger partial charge in [0, 0.05) is 6.42 Å². The van der Waals surface area contributed by atoms with Crippen LogP contribution in [0.5, 0.6) is 0 Å². The number of anilines is 1. The molecule has 3 rings (SSSR count). The lowest BCUT2D eigenvalue weighted by Crippen LogP contribution is -2.44. The zero-order valence-corrected chi connectivity index (χ0v) is 21.1. The van der Waals surface area contributed by atoms with Gasteiger partial charge in [0.25, 0.3) is 0 Å². The Balaban J connectivity index is 1.68. The maximum Gasteiger partial charge on any atom is 0.446 e. The van der Waals surface area contributed by atoms with Gasteiger partial charge in [0.2, 0.25) is 17.3 Å². The Bertz CT molecular complexity index is 1280. The van der Waals surface area contributed by atoms with E-state index in [4.69, 9.17) is 23.5 Å². The average Bonchev–Trinajstić information content (AvgIpc) is 3.42. The summed E-state index contributed by atoms with van der Waals surface area (Å²) in [5.74, 6) is -2.29. The minimum Gasteiger partial charge on any atom is -0.467 e.